The third-order valence-electron chi connectivity index (χ3n) is 4.65. The lowest BCUT2D eigenvalue weighted by molar-refractivity contribution is -0.141. The number of aromatic nitrogens is 1. The Balaban J connectivity index is 2.07. The van der Waals surface area contributed by atoms with Gasteiger partial charge < -0.3 is 5.73 Å². The van der Waals surface area contributed by atoms with Crippen LogP contribution in [0.3, 0.4) is 0 Å². The molecule has 4 rings (SSSR count). The summed E-state index contributed by atoms with van der Waals surface area (Å²) in [5, 5.41) is 4.69. The summed E-state index contributed by atoms with van der Waals surface area (Å²) in [4.78, 5) is 16.2. The van der Waals surface area contributed by atoms with E-state index in [9.17, 15) is 18.0 Å². The Morgan fingerprint density at radius 3 is 2.77 bits per heavy atom. The molecule has 0 saturated carbocycles. The Morgan fingerprint density at radius 2 is 2.04 bits per heavy atom. The van der Waals surface area contributed by atoms with Crippen molar-refractivity contribution in [1.82, 2.24) is 9.58 Å². The van der Waals surface area contributed by atoms with E-state index < -0.39 is 22.5 Å². The molecule has 1 aliphatic carbocycles. The maximum atomic E-state index is 13.4. The quantitative estimate of drug-likeness (QED) is 0.777. The fourth-order valence-electron chi connectivity index (χ4n) is 3.49. The van der Waals surface area contributed by atoms with Crippen LogP contribution in [0.4, 0.5) is 23.7 Å². The number of alkyl halides is 3. The van der Waals surface area contributed by atoms with Gasteiger partial charge in [-0.1, -0.05) is 21.8 Å². The number of amides is 2. The van der Waals surface area contributed by atoms with E-state index in [2.05, 4.69) is 16.5 Å². The number of carbonyl (C=O) groups excluding carboxylic acids is 1. The van der Waals surface area contributed by atoms with Gasteiger partial charge in [-0.3, -0.25) is 0 Å². The molecule has 5 nitrogen and oxygen atoms in total. The van der Waals surface area contributed by atoms with Gasteiger partial charge >= 0.3 is 12.2 Å². The SMILES string of the molecule is NC(=O)[N+]1(c2cc(C(F)(F)F)nc3ccccc23)N=CC2=C1CC[C]C2. The van der Waals surface area contributed by atoms with Gasteiger partial charge in [-0.05, 0) is 31.4 Å². The molecule has 2 N–H and O–H groups in total. The van der Waals surface area contributed by atoms with Gasteiger partial charge in [-0.2, -0.15) is 13.2 Å². The Morgan fingerprint density at radius 1 is 1.27 bits per heavy atom. The van der Waals surface area contributed by atoms with Crippen LogP contribution in [0.1, 0.15) is 25.0 Å². The van der Waals surface area contributed by atoms with Crippen LogP contribution in [0.2, 0.25) is 0 Å². The number of pyridine rings is 1. The molecule has 8 heteroatoms. The van der Waals surface area contributed by atoms with E-state index in [1.807, 2.05) is 0 Å². The zero-order valence-corrected chi connectivity index (χ0v) is 13.5. The lowest BCUT2D eigenvalue weighted by Gasteiger charge is -2.29. The van der Waals surface area contributed by atoms with Gasteiger partial charge in [0.05, 0.1) is 17.1 Å². The minimum Gasteiger partial charge on any atom is -0.316 e. The molecular formula is C18H14F3N4O+. The molecule has 2 aliphatic rings. The molecule has 2 radical (unpaired) electrons. The Bertz CT molecular complexity index is 980. The van der Waals surface area contributed by atoms with Crippen molar-refractivity contribution in [3.05, 3.63) is 53.7 Å². The summed E-state index contributed by atoms with van der Waals surface area (Å²) in [5.74, 6) is 0. The predicted molar refractivity (Wildman–Crippen MR) is 90.7 cm³/mol. The molecule has 26 heavy (non-hydrogen) atoms. The van der Waals surface area contributed by atoms with Crippen molar-refractivity contribution in [2.45, 2.75) is 25.4 Å². The number of allylic oxidation sites excluding steroid dienone is 2. The summed E-state index contributed by atoms with van der Waals surface area (Å²) in [6.07, 6.45) is 1.53. The minimum absolute atomic E-state index is 0.0681. The van der Waals surface area contributed by atoms with Crippen LogP contribution in [-0.4, -0.2) is 17.2 Å². The van der Waals surface area contributed by atoms with Gasteiger partial charge in [0.1, 0.15) is 0 Å². The van der Waals surface area contributed by atoms with Crippen LogP contribution < -0.4 is 10.3 Å². The summed E-state index contributed by atoms with van der Waals surface area (Å²) in [6, 6.07) is 6.39. The van der Waals surface area contributed by atoms with Crippen molar-refractivity contribution < 1.29 is 18.0 Å². The van der Waals surface area contributed by atoms with Crippen molar-refractivity contribution in [2.75, 3.05) is 0 Å². The smallest absolute Gasteiger partial charge is 0.316 e. The van der Waals surface area contributed by atoms with E-state index >= 15 is 0 Å². The van der Waals surface area contributed by atoms with E-state index in [0.717, 1.165) is 11.6 Å². The Hall–Kier alpha value is -2.74. The summed E-state index contributed by atoms with van der Waals surface area (Å²) in [5.41, 5.74) is 6.17. The number of para-hydroxylation sites is 1. The molecule has 0 saturated heterocycles. The normalized spacial score (nSPS) is 22.7. The number of urea groups is 1. The first-order valence-electron chi connectivity index (χ1n) is 7.99. The van der Waals surface area contributed by atoms with Crippen molar-refractivity contribution in [2.24, 2.45) is 10.8 Å². The number of benzene rings is 1. The highest BCUT2D eigenvalue weighted by atomic mass is 19.4. The largest absolute Gasteiger partial charge is 0.450 e. The van der Waals surface area contributed by atoms with E-state index in [-0.39, 0.29) is 11.2 Å². The zero-order chi connectivity index (χ0) is 18.5. The second-order valence-corrected chi connectivity index (χ2v) is 6.16. The number of fused-ring (bicyclic) bond motifs is 1. The van der Waals surface area contributed by atoms with Crippen LogP contribution >= 0.6 is 0 Å². The summed E-state index contributed by atoms with van der Waals surface area (Å²) in [6.45, 7) is 0. The molecule has 1 unspecified atom stereocenters. The maximum absolute atomic E-state index is 13.4. The van der Waals surface area contributed by atoms with Crippen molar-refractivity contribution in [3.8, 4) is 0 Å². The van der Waals surface area contributed by atoms with Gasteiger partial charge in [0.2, 0.25) is 0 Å². The monoisotopic (exact) mass is 359 g/mol. The number of hydrogen-bond acceptors (Lipinski definition) is 3. The van der Waals surface area contributed by atoms with E-state index in [4.69, 9.17) is 5.73 Å². The molecule has 1 aromatic heterocycles. The second kappa shape index (κ2) is 5.63. The fraction of sp³-hybridized carbons (Fsp3) is 0.222. The molecule has 1 atom stereocenters. The number of hydrogen-bond donors (Lipinski definition) is 1. The van der Waals surface area contributed by atoms with Gasteiger partial charge in [-0.25, -0.2) is 9.78 Å². The van der Waals surface area contributed by atoms with Gasteiger partial charge in [0.25, 0.3) is 0 Å². The predicted octanol–water partition coefficient (Wildman–Crippen LogP) is 4.16. The van der Waals surface area contributed by atoms with Crippen LogP contribution in [0.5, 0.6) is 0 Å². The van der Waals surface area contributed by atoms with Crippen LogP contribution in [0, 0.1) is 6.42 Å². The lowest BCUT2D eigenvalue weighted by Crippen LogP contribution is -2.51. The number of carbonyl (C=O) groups is 1. The maximum Gasteiger partial charge on any atom is 0.450 e. The molecular weight excluding hydrogens is 345 g/mol. The van der Waals surface area contributed by atoms with Crippen LogP contribution in [-0.2, 0) is 6.18 Å². The van der Waals surface area contributed by atoms with Gasteiger partial charge in [0, 0.05) is 18.1 Å². The van der Waals surface area contributed by atoms with E-state index in [0.29, 0.717) is 30.3 Å². The molecule has 2 amide bonds. The third-order valence-corrected chi connectivity index (χ3v) is 4.65. The second-order valence-electron chi connectivity index (χ2n) is 6.16. The summed E-state index contributed by atoms with van der Waals surface area (Å²) in [7, 11) is 0. The molecule has 2 heterocycles. The standard InChI is InChI=1S/C18H13F3N4O/c19-18(20,21)16-9-15(12-6-2-3-7-13(12)24-16)25(17(22)26)14-8-4-1-5-11(14)10-23-25/h2-3,6-7,9-10H,4-5,8H2,(H-,22,26)/p+1. The highest BCUT2D eigenvalue weighted by molar-refractivity contribution is 6.03. The van der Waals surface area contributed by atoms with Crippen molar-refractivity contribution in [3.63, 3.8) is 0 Å². The molecule has 1 aromatic carbocycles. The van der Waals surface area contributed by atoms with Gasteiger partial charge in [-0.15, -0.1) is 0 Å². The number of rotatable bonds is 1. The first-order chi connectivity index (χ1) is 12.3. The number of halogens is 3. The third kappa shape index (κ3) is 2.33. The topological polar surface area (TPSA) is 68.3 Å². The molecule has 132 valence electrons. The number of quaternary nitrogens is 1. The van der Waals surface area contributed by atoms with Crippen LogP contribution in [0.15, 0.2) is 46.7 Å². The lowest BCUT2D eigenvalue weighted by atomic mass is 9.96. The molecule has 0 bridgehead atoms. The summed E-state index contributed by atoms with van der Waals surface area (Å²) < 4.78 is 39.4. The molecule has 0 spiro atoms. The van der Waals surface area contributed by atoms with Gasteiger partial charge in [0.15, 0.2) is 17.1 Å². The van der Waals surface area contributed by atoms with E-state index in [1.54, 1.807) is 18.2 Å². The van der Waals surface area contributed by atoms with E-state index in [1.165, 1.54) is 12.3 Å². The van der Waals surface area contributed by atoms with Crippen LogP contribution in [0.25, 0.3) is 10.9 Å². The average molecular weight is 359 g/mol. The first kappa shape index (κ1) is 16.7. The molecule has 2 aromatic rings. The fourth-order valence-corrected chi connectivity index (χ4v) is 3.49. The summed E-state index contributed by atoms with van der Waals surface area (Å²) >= 11 is 0. The Kier molecular flexibility index (Phi) is 3.62. The average Bonchev–Trinajstić information content (AvgIpc) is 3.00. The minimum atomic E-state index is -4.66. The molecule has 0 fully saturated rings. The zero-order valence-electron chi connectivity index (χ0n) is 13.5. The van der Waals surface area contributed by atoms with Crippen molar-refractivity contribution >= 4 is 28.8 Å². The number of primary amides is 1. The van der Waals surface area contributed by atoms with Crippen molar-refractivity contribution in [1.29, 1.82) is 0 Å². The highest BCUT2D eigenvalue weighted by Crippen LogP contribution is 2.45. The Labute approximate surface area is 147 Å². The molecule has 1 aliphatic heterocycles. The number of nitrogens with two attached hydrogens (primary N) is 1. The highest BCUT2D eigenvalue weighted by Gasteiger charge is 2.50. The first-order valence-corrected chi connectivity index (χ1v) is 7.99. The number of nitrogens with zero attached hydrogens (tertiary/aromatic N) is 3.